The normalized spacial score (nSPS) is 19.2. The van der Waals surface area contributed by atoms with Crippen LogP contribution < -0.4 is 4.74 Å². The molecule has 2 atom stereocenters. The van der Waals surface area contributed by atoms with E-state index in [2.05, 4.69) is 10.2 Å². The molecule has 0 amide bonds. The van der Waals surface area contributed by atoms with Crippen LogP contribution in [0.4, 0.5) is 8.78 Å². The number of aromatic carboxylic acids is 1. The van der Waals surface area contributed by atoms with Gasteiger partial charge in [-0.3, -0.25) is 5.10 Å². The minimum atomic E-state index is -1.57. The molecule has 8 nitrogen and oxygen atoms in total. The molecule has 0 aliphatic heterocycles. The van der Waals surface area contributed by atoms with Gasteiger partial charge < -0.3 is 24.3 Å². The van der Waals surface area contributed by atoms with Gasteiger partial charge in [-0.05, 0) is 61.6 Å². The number of hydrogen-bond acceptors (Lipinski definition) is 5. The molecule has 5 aromatic rings. The number of aromatic amines is 1. The van der Waals surface area contributed by atoms with Crippen molar-refractivity contribution in [3.63, 3.8) is 0 Å². The summed E-state index contributed by atoms with van der Waals surface area (Å²) >= 11 is 0. The van der Waals surface area contributed by atoms with Gasteiger partial charge in [0.2, 0.25) is 0 Å². The Balaban J connectivity index is 1.83. The maximum absolute atomic E-state index is 16.6. The van der Waals surface area contributed by atoms with E-state index in [1.54, 1.807) is 35.8 Å². The Labute approximate surface area is 234 Å². The molecular weight excluding hydrogens is 532 g/mol. The second kappa shape index (κ2) is 9.97. The Morgan fingerprint density at radius 1 is 1.15 bits per heavy atom. The molecule has 1 aliphatic carbocycles. The van der Waals surface area contributed by atoms with Crippen LogP contribution in [0.5, 0.6) is 5.75 Å². The minimum Gasteiger partial charge on any atom is -0.494 e. The minimum absolute atomic E-state index is 0.0118. The van der Waals surface area contributed by atoms with Crippen LogP contribution in [0.3, 0.4) is 0 Å². The highest BCUT2D eigenvalue weighted by atomic mass is 19.1. The maximum atomic E-state index is 16.6. The van der Waals surface area contributed by atoms with Crippen LogP contribution in [-0.4, -0.2) is 51.3 Å². The highest BCUT2D eigenvalue weighted by molar-refractivity contribution is 6.07. The van der Waals surface area contributed by atoms with E-state index in [1.807, 2.05) is 0 Å². The summed E-state index contributed by atoms with van der Waals surface area (Å²) in [5.41, 5.74) is 1.37. The van der Waals surface area contributed by atoms with E-state index in [4.69, 9.17) is 9.47 Å². The highest BCUT2D eigenvalue weighted by Gasteiger charge is 2.46. The van der Waals surface area contributed by atoms with Crippen molar-refractivity contribution in [2.75, 3.05) is 14.2 Å². The molecule has 6 rings (SSSR count). The largest absolute Gasteiger partial charge is 0.494 e. The van der Waals surface area contributed by atoms with Crippen molar-refractivity contribution in [2.45, 2.75) is 44.3 Å². The molecule has 3 N–H and O–H groups in total. The molecule has 1 unspecified atom stereocenters. The van der Waals surface area contributed by atoms with Crippen LogP contribution in [0.15, 0.2) is 48.7 Å². The van der Waals surface area contributed by atoms with Crippen molar-refractivity contribution in [2.24, 2.45) is 0 Å². The lowest BCUT2D eigenvalue weighted by Crippen LogP contribution is -2.45. The summed E-state index contributed by atoms with van der Waals surface area (Å²) in [6.45, 7) is 1.67. The fourth-order valence-corrected chi connectivity index (χ4v) is 6.32. The van der Waals surface area contributed by atoms with E-state index >= 15 is 4.39 Å². The molecule has 1 saturated carbocycles. The smallest absolute Gasteiger partial charge is 0.335 e. The summed E-state index contributed by atoms with van der Waals surface area (Å²) < 4.78 is 44.0. The van der Waals surface area contributed by atoms with Gasteiger partial charge in [0.15, 0.2) is 17.4 Å². The lowest BCUT2D eigenvalue weighted by Gasteiger charge is -2.40. The Morgan fingerprint density at radius 2 is 1.95 bits per heavy atom. The van der Waals surface area contributed by atoms with E-state index in [1.165, 1.54) is 38.6 Å². The van der Waals surface area contributed by atoms with E-state index < -0.39 is 29.3 Å². The summed E-state index contributed by atoms with van der Waals surface area (Å²) in [4.78, 5) is 11.8. The molecule has 1 aliphatic rings. The van der Waals surface area contributed by atoms with Crippen LogP contribution in [0, 0.1) is 18.6 Å². The van der Waals surface area contributed by atoms with E-state index in [0.717, 1.165) is 6.42 Å². The summed E-state index contributed by atoms with van der Waals surface area (Å²) in [6, 6.07) is 10.9. The van der Waals surface area contributed by atoms with E-state index in [-0.39, 0.29) is 22.2 Å². The molecular formula is C31H29F2N3O5. The van der Waals surface area contributed by atoms with Crippen LogP contribution >= 0.6 is 0 Å². The average molecular weight is 562 g/mol. The molecule has 1 fully saturated rings. The zero-order valence-electron chi connectivity index (χ0n) is 22.8. The number of aryl methyl sites for hydroxylation is 1. The molecule has 3 aromatic carbocycles. The second-order valence-electron chi connectivity index (χ2n) is 10.5. The van der Waals surface area contributed by atoms with Crippen molar-refractivity contribution in [1.82, 2.24) is 14.8 Å². The number of rotatable bonds is 6. The Morgan fingerprint density at radius 3 is 2.66 bits per heavy atom. The SMILES string of the molecule is COc1cc(-n2c(C3(O)CCCC[C@@H]3OC)c(-c3ccc(C(=O)O)c(C)c3)c3c(F)c4[nH]ncc4cc32)ccc1F. The first-order valence-corrected chi connectivity index (χ1v) is 13.3. The van der Waals surface area contributed by atoms with Gasteiger partial charge in [0.25, 0.3) is 0 Å². The fraction of sp³-hybridized carbons (Fsp3) is 0.290. The number of carboxylic acids is 1. The summed E-state index contributed by atoms with van der Waals surface area (Å²) in [5, 5.41) is 29.7. The van der Waals surface area contributed by atoms with Crippen molar-refractivity contribution in [3.8, 4) is 22.6 Å². The molecule has 0 saturated heterocycles. The zero-order chi connectivity index (χ0) is 29.1. The van der Waals surface area contributed by atoms with Gasteiger partial charge >= 0.3 is 5.97 Å². The molecule has 212 valence electrons. The number of nitrogens with one attached hydrogen (secondary N) is 1. The van der Waals surface area contributed by atoms with Crippen molar-refractivity contribution < 1.29 is 33.3 Å². The van der Waals surface area contributed by atoms with Crippen molar-refractivity contribution in [1.29, 1.82) is 0 Å². The van der Waals surface area contributed by atoms with Gasteiger partial charge in [-0.15, -0.1) is 0 Å². The number of ether oxygens (including phenoxy) is 2. The Kier molecular flexibility index (Phi) is 6.55. The van der Waals surface area contributed by atoms with Crippen LogP contribution in [-0.2, 0) is 10.3 Å². The third-order valence-corrected chi connectivity index (χ3v) is 8.25. The maximum Gasteiger partial charge on any atom is 0.335 e. The molecule has 0 bridgehead atoms. The Hall–Kier alpha value is -4.28. The number of aliphatic hydroxyl groups is 1. The van der Waals surface area contributed by atoms with Gasteiger partial charge in [0.05, 0.1) is 36.2 Å². The van der Waals surface area contributed by atoms with Crippen LogP contribution in [0.1, 0.15) is 47.3 Å². The first kappa shape index (κ1) is 26.9. The number of hydrogen-bond donors (Lipinski definition) is 3. The number of aromatic nitrogens is 3. The van der Waals surface area contributed by atoms with Crippen molar-refractivity contribution >= 4 is 27.8 Å². The number of carboxylic acid groups (broad SMARTS) is 1. The predicted octanol–water partition coefficient (Wildman–Crippen LogP) is 6.24. The average Bonchev–Trinajstić information content (AvgIpc) is 3.57. The number of fused-ring (bicyclic) bond motifs is 2. The summed E-state index contributed by atoms with van der Waals surface area (Å²) in [7, 11) is 2.90. The molecule has 41 heavy (non-hydrogen) atoms. The third kappa shape index (κ3) is 4.08. The predicted molar refractivity (Wildman–Crippen MR) is 150 cm³/mol. The molecule has 0 radical (unpaired) electrons. The second-order valence-corrected chi connectivity index (χ2v) is 10.5. The number of methoxy groups -OCH3 is 2. The lowest BCUT2D eigenvalue weighted by atomic mass is 9.77. The van der Waals surface area contributed by atoms with Crippen LogP contribution in [0.25, 0.3) is 38.6 Å². The molecule has 10 heteroatoms. The lowest BCUT2D eigenvalue weighted by molar-refractivity contribution is -0.125. The van der Waals surface area contributed by atoms with Gasteiger partial charge in [0.1, 0.15) is 11.1 Å². The monoisotopic (exact) mass is 561 g/mol. The van der Waals surface area contributed by atoms with Gasteiger partial charge in [-0.25, -0.2) is 13.6 Å². The third-order valence-electron chi connectivity index (χ3n) is 8.25. The summed E-state index contributed by atoms with van der Waals surface area (Å²) in [5.74, 6) is -2.23. The van der Waals surface area contributed by atoms with Gasteiger partial charge in [-0.2, -0.15) is 5.10 Å². The van der Waals surface area contributed by atoms with E-state index in [9.17, 15) is 19.4 Å². The fourth-order valence-electron chi connectivity index (χ4n) is 6.32. The number of halogens is 2. The van der Waals surface area contributed by atoms with Gasteiger partial charge in [-0.1, -0.05) is 18.6 Å². The first-order chi connectivity index (χ1) is 19.7. The quantitative estimate of drug-likeness (QED) is 0.226. The van der Waals surface area contributed by atoms with Crippen LogP contribution in [0.2, 0.25) is 0 Å². The first-order valence-electron chi connectivity index (χ1n) is 13.3. The standard InChI is InChI=1S/C31H29F2N3O5/c1-16-12-17(7-9-20(16)30(37)38)25-26-22(13-18-15-34-35-28(18)27(26)33)36(19-8-10-21(32)23(14-19)40-2)29(25)31(39)11-5-4-6-24(31)41-3/h7-10,12-15,24,39H,4-6,11H2,1-3H3,(H,34,35)(H,37,38)/t24-,31?/m0/s1. The highest BCUT2D eigenvalue weighted by Crippen LogP contribution is 2.50. The number of carbonyl (C=O) groups is 1. The topological polar surface area (TPSA) is 110 Å². The molecule has 0 spiro atoms. The molecule has 2 heterocycles. The summed E-state index contributed by atoms with van der Waals surface area (Å²) in [6.07, 6.45) is 3.35. The Bertz CT molecular complexity index is 1830. The van der Waals surface area contributed by atoms with Gasteiger partial charge in [0, 0.05) is 35.2 Å². The molecule has 2 aromatic heterocycles. The number of benzene rings is 3. The van der Waals surface area contributed by atoms with Crippen molar-refractivity contribution in [3.05, 3.63) is 77.1 Å². The number of H-pyrrole nitrogens is 1. The number of nitrogens with zero attached hydrogens (tertiary/aromatic N) is 2. The zero-order valence-corrected chi connectivity index (χ0v) is 22.8. The van der Waals surface area contributed by atoms with E-state index in [0.29, 0.717) is 58.2 Å².